The van der Waals surface area contributed by atoms with Crippen molar-refractivity contribution in [1.29, 1.82) is 0 Å². The van der Waals surface area contributed by atoms with E-state index in [-0.39, 0.29) is 24.4 Å². The van der Waals surface area contributed by atoms with Crippen LogP contribution in [0.3, 0.4) is 0 Å². The van der Waals surface area contributed by atoms with Crippen LogP contribution in [0, 0.1) is 0 Å². The molecule has 0 amide bonds. The minimum absolute atomic E-state index is 0.0727. The number of fused-ring (bicyclic) bond motifs is 5. The molecule has 58 valence electrons. The molecule has 0 aliphatic carbocycles. The van der Waals surface area contributed by atoms with Crippen LogP contribution in [0.4, 0.5) is 4.79 Å². The molecule has 3 aliphatic heterocycles. The van der Waals surface area contributed by atoms with Gasteiger partial charge >= 0.3 is 6.16 Å². The average molecular weight is 154 g/mol. The Balaban J connectivity index is 1.97. The molecule has 4 heteroatoms. The number of ether oxygens (including phenoxy) is 3. The normalized spacial score (nSPS) is 50.7. The molecule has 2 saturated heterocycles. The highest BCUT2D eigenvalue weighted by molar-refractivity contribution is 5.63. The van der Waals surface area contributed by atoms with Gasteiger partial charge < -0.3 is 14.2 Å². The van der Waals surface area contributed by atoms with E-state index < -0.39 is 6.16 Å². The molecule has 0 radical (unpaired) electrons. The Morgan fingerprint density at radius 1 is 1.09 bits per heavy atom. The van der Waals surface area contributed by atoms with Gasteiger partial charge in [0.2, 0.25) is 0 Å². The topological polar surface area (TPSA) is 44.8 Å². The van der Waals surface area contributed by atoms with Crippen molar-refractivity contribution in [1.82, 2.24) is 0 Å². The van der Waals surface area contributed by atoms with Crippen molar-refractivity contribution >= 4 is 6.16 Å². The Hall–Kier alpha value is -1.03. The minimum Gasteiger partial charge on any atom is -0.424 e. The van der Waals surface area contributed by atoms with Crippen molar-refractivity contribution in [3.8, 4) is 0 Å². The fourth-order valence-electron chi connectivity index (χ4n) is 1.76. The van der Waals surface area contributed by atoms with Crippen molar-refractivity contribution in [2.45, 2.75) is 24.4 Å². The summed E-state index contributed by atoms with van der Waals surface area (Å²) in [4.78, 5) is 10.6. The smallest absolute Gasteiger partial charge is 0.424 e. The lowest BCUT2D eigenvalue weighted by Gasteiger charge is -2.10. The maximum Gasteiger partial charge on any atom is 0.509 e. The summed E-state index contributed by atoms with van der Waals surface area (Å²) >= 11 is 0. The second-order valence-electron chi connectivity index (χ2n) is 2.87. The van der Waals surface area contributed by atoms with Gasteiger partial charge in [-0.1, -0.05) is 12.2 Å². The van der Waals surface area contributed by atoms with Gasteiger partial charge in [0.05, 0.1) is 0 Å². The summed E-state index contributed by atoms with van der Waals surface area (Å²) < 4.78 is 15.1. The lowest BCUT2D eigenvalue weighted by Crippen LogP contribution is -2.30. The predicted molar refractivity (Wildman–Crippen MR) is 32.9 cm³/mol. The standard InChI is InChI=1S/C7H6O4/c8-7-10-5-3-1-2-4(9-3)6(5)11-7/h1-6H/t3-,4+,5+,6-. The summed E-state index contributed by atoms with van der Waals surface area (Å²) in [7, 11) is 0. The molecule has 0 spiro atoms. The van der Waals surface area contributed by atoms with Crippen LogP contribution in [-0.4, -0.2) is 30.6 Å². The predicted octanol–water partition coefficient (Wildman–Crippen LogP) is 0.228. The van der Waals surface area contributed by atoms with Crippen molar-refractivity contribution in [2.24, 2.45) is 0 Å². The third-order valence-electron chi connectivity index (χ3n) is 2.24. The summed E-state index contributed by atoms with van der Waals surface area (Å²) in [5.74, 6) is 0. The first-order valence-corrected chi connectivity index (χ1v) is 3.56. The molecule has 3 rings (SSSR count). The van der Waals surface area contributed by atoms with E-state index in [1.807, 2.05) is 12.2 Å². The van der Waals surface area contributed by atoms with E-state index in [0.717, 1.165) is 0 Å². The molecular formula is C7H6O4. The highest BCUT2D eigenvalue weighted by Gasteiger charge is 2.55. The van der Waals surface area contributed by atoms with Crippen LogP contribution in [0.15, 0.2) is 12.2 Å². The Morgan fingerprint density at radius 3 is 2.18 bits per heavy atom. The van der Waals surface area contributed by atoms with Gasteiger partial charge in [0.15, 0.2) is 12.2 Å². The van der Waals surface area contributed by atoms with Gasteiger partial charge in [0.25, 0.3) is 0 Å². The quantitative estimate of drug-likeness (QED) is 0.370. The van der Waals surface area contributed by atoms with Crippen molar-refractivity contribution in [3.05, 3.63) is 12.2 Å². The van der Waals surface area contributed by atoms with Crippen molar-refractivity contribution in [3.63, 3.8) is 0 Å². The lowest BCUT2D eigenvalue weighted by molar-refractivity contribution is 0.0262. The number of carbonyl (C=O) groups excluding carboxylic acids is 1. The third-order valence-corrected chi connectivity index (χ3v) is 2.24. The first-order valence-electron chi connectivity index (χ1n) is 3.56. The van der Waals surface area contributed by atoms with E-state index in [0.29, 0.717) is 0 Å². The van der Waals surface area contributed by atoms with E-state index in [4.69, 9.17) is 14.2 Å². The monoisotopic (exact) mass is 154 g/mol. The Labute approximate surface area is 62.7 Å². The maximum atomic E-state index is 10.6. The highest BCUT2D eigenvalue weighted by atomic mass is 16.8. The van der Waals surface area contributed by atoms with E-state index in [1.54, 1.807) is 0 Å². The van der Waals surface area contributed by atoms with Gasteiger partial charge in [-0.3, -0.25) is 0 Å². The first-order chi connectivity index (χ1) is 5.34. The molecule has 0 saturated carbocycles. The largest absolute Gasteiger partial charge is 0.509 e. The first kappa shape index (κ1) is 5.60. The molecule has 4 atom stereocenters. The molecule has 3 heterocycles. The van der Waals surface area contributed by atoms with Crippen LogP contribution in [0.25, 0.3) is 0 Å². The molecule has 11 heavy (non-hydrogen) atoms. The van der Waals surface area contributed by atoms with Gasteiger partial charge in [0.1, 0.15) is 12.2 Å². The summed E-state index contributed by atoms with van der Waals surface area (Å²) in [6, 6.07) is 0. The minimum atomic E-state index is -0.568. The molecule has 0 aromatic carbocycles. The number of rotatable bonds is 0. The van der Waals surface area contributed by atoms with E-state index in [1.165, 1.54) is 0 Å². The van der Waals surface area contributed by atoms with Gasteiger partial charge in [-0.05, 0) is 0 Å². The van der Waals surface area contributed by atoms with E-state index >= 15 is 0 Å². The van der Waals surface area contributed by atoms with Crippen molar-refractivity contribution in [2.75, 3.05) is 0 Å². The molecule has 2 bridgehead atoms. The Kier molecular flexibility index (Phi) is 0.806. The van der Waals surface area contributed by atoms with E-state index in [2.05, 4.69) is 0 Å². The highest BCUT2D eigenvalue weighted by Crippen LogP contribution is 2.37. The Morgan fingerprint density at radius 2 is 1.64 bits per heavy atom. The summed E-state index contributed by atoms with van der Waals surface area (Å²) in [6.07, 6.45) is 2.71. The lowest BCUT2D eigenvalue weighted by atomic mass is 10.0. The summed E-state index contributed by atoms with van der Waals surface area (Å²) in [5.41, 5.74) is 0. The van der Waals surface area contributed by atoms with Crippen LogP contribution < -0.4 is 0 Å². The number of hydrogen-bond donors (Lipinski definition) is 0. The molecule has 3 aliphatic rings. The fraction of sp³-hybridized carbons (Fsp3) is 0.571. The zero-order valence-corrected chi connectivity index (χ0v) is 5.60. The van der Waals surface area contributed by atoms with Crippen LogP contribution in [0.1, 0.15) is 0 Å². The fourth-order valence-corrected chi connectivity index (χ4v) is 1.76. The molecular weight excluding hydrogens is 148 g/mol. The Bertz CT molecular complexity index is 225. The van der Waals surface area contributed by atoms with Crippen LogP contribution in [0.5, 0.6) is 0 Å². The zero-order valence-electron chi connectivity index (χ0n) is 5.60. The molecule has 0 aromatic rings. The summed E-state index contributed by atoms with van der Waals surface area (Å²) in [6.45, 7) is 0. The maximum absolute atomic E-state index is 10.6. The molecule has 0 aromatic heterocycles. The average Bonchev–Trinajstić information content (AvgIpc) is 2.53. The summed E-state index contributed by atoms with van der Waals surface area (Å²) in [5, 5.41) is 0. The third kappa shape index (κ3) is 0.557. The second kappa shape index (κ2) is 1.58. The van der Waals surface area contributed by atoms with Gasteiger partial charge in [0, 0.05) is 0 Å². The molecule has 2 fully saturated rings. The SMILES string of the molecule is O=C1O[C@@H]2[C@H](O1)[C@@H]1C=C[C@H]2O1. The number of hydrogen-bond acceptors (Lipinski definition) is 4. The van der Waals surface area contributed by atoms with Crippen molar-refractivity contribution < 1.29 is 19.0 Å². The van der Waals surface area contributed by atoms with E-state index in [9.17, 15) is 4.79 Å². The van der Waals surface area contributed by atoms with Crippen LogP contribution in [-0.2, 0) is 14.2 Å². The molecule has 0 N–H and O–H groups in total. The van der Waals surface area contributed by atoms with Gasteiger partial charge in [-0.25, -0.2) is 4.79 Å². The van der Waals surface area contributed by atoms with Gasteiger partial charge in [-0.15, -0.1) is 0 Å². The second-order valence-corrected chi connectivity index (χ2v) is 2.87. The van der Waals surface area contributed by atoms with Crippen LogP contribution >= 0.6 is 0 Å². The number of carbonyl (C=O) groups is 1. The molecule has 4 nitrogen and oxygen atoms in total. The van der Waals surface area contributed by atoms with Crippen LogP contribution in [0.2, 0.25) is 0 Å². The van der Waals surface area contributed by atoms with Gasteiger partial charge in [-0.2, -0.15) is 0 Å². The molecule has 0 unspecified atom stereocenters. The zero-order chi connectivity index (χ0) is 7.42.